The number of benzene rings is 2. The van der Waals surface area contributed by atoms with Gasteiger partial charge in [0.2, 0.25) is 0 Å². The molecule has 0 radical (unpaired) electrons. The minimum atomic E-state index is -0.230. The zero-order chi connectivity index (χ0) is 17.7. The Balaban J connectivity index is 1.58. The van der Waals surface area contributed by atoms with E-state index in [1.165, 1.54) is 0 Å². The van der Waals surface area contributed by atoms with E-state index < -0.39 is 0 Å². The number of fused-ring (bicyclic) bond motifs is 2. The zero-order valence-electron chi connectivity index (χ0n) is 14.4. The molecule has 26 heavy (non-hydrogen) atoms. The molecule has 1 aliphatic heterocycles. The van der Waals surface area contributed by atoms with Gasteiger partial charge in [-0.05, 0) is 54.3 Å². The fourth-order valence-corrected chi connectivity index (χ4v) is 4.85. The van der Waals surface area contributed by atoms with Gasteiger partial charge in [-0.15, -0.1) is 0 Å². The van der Waals surface area contributed by atoms with E-state index in [0.29, 0.717) is 11.5 Å². The summed E-state index contributed by atoms with van der Waals surface area (Å²) >= 11 is 0. The van der Waals surface area contributed by atoms with Crippen LogP contribution in [0.3, 0.4) is 0 Å². The number of pyridine rings is 1. The average molecular weight is 344 g/mol. The molecule has 2 aromatic carbocycles. The lowest BCUT2D eigenvalue weighted by Gasteiger charge is -2.50. The first-order valence-electron chi connectivity index (χ1n) is 9.14. The van der Waals surface area contributed by atoms with Gasteiger partial charge in [-0.3, -0.25) is 9.78 Å². The molecule has 1 aliphatic carbocycles. The molecular formula is C22H20N2O2. The average Bonchev–Trinajstić information content (AvgIpc) is 2.92. The van der Waals surface area contributed by atoms with Crippen LogP contribution in [-0.4, -0.2) is 27.4 Å². The van der Waals surface area contributed by atoms with Crippen LogP contribution in [0.4, 0.5) is 0 Å². The Hall–Kier alpha value is -2.88. The smallest absolute Gasteiger partial charge is 0.254 e. The van der Waals surface area contributed by atoms with Crippen LogP contribution in [0.1, 0.15) is 35.2 Å². The van der Waals surface area contributed by atoms with Crippen molar-refractivity contribution in [3.63, 3.8) is 0 Å². The number of phenols is 1. The van der Waals surface area contributed by atoms with Crippen molar-refractivity contribution in [3.8, 4) is 5.75 Å². The molecule has 2 heterocycles. The Morgan fingerprint density at radius 1 is 1.15 bits per heavy atom. The number of hydrogen-bond acceptors (Lipinski definition) is 3. The summed E-state index contributed by atoms with van der Waals surface area (Å²) in [6, 6.07) is 15.1. The predicted molar refractivity (Wildman–Crippen MR) is 99.9 cm³/mol. The molecule has 5 rings (SSSR count). The van der Waals surface area contributed by atoms with E-state index in [1.807, 2.05) is 47.5 Å². The molecular weight excluding hydrogens is 324 g/mol. The van der Waals surface area contributed by atoms with Crippen LogP contribution >= 0.6 is 0 Å². The molecule has 2 atom stereocenters. The SMILES string of the molecule is O=C(c1cc(O)c2ccccc2c1)N1CC[C@@H]2CC[C@@]21c1cccnc1. The highest BCUT2D eigenvalue weighted by atomic mass is 16.3. The monoisotopic (exact) mass is 344 g/mol. The topological polar surface area (TPSA) is 53.4 Å². The lowest BCUT2D eigenvalue weighted by atomic mass is 9.64. The van der Waals surface area contributed by atoms with Crippen molar-refractivity contribution in [1.29, 1.82) is 0 Å². The van der Waals surface area contributed by atoms with Gasteiger partial charge in [0, 0.05) is 29.9 Å². The van der Waals surface area contributed by atoms with Gasteiger partial charge in [-0.2, -0.15) is 0 Å². The minimum Gasteiger partial charge on any atom is -0.507 e. The highest BCUT2D eigenvalue weighted by molar-refractivity contribution is 6.01. The van der Waals surface area contributed by atoms with Crippen molar-refractivity contribution >= 4 is 16.7 Å². The summed E-state index contributed by atoms with van der Waals surface area (Å²) in [7, 11) is 0. The number of aromatic hydroxyl groups is 1. The molecule has 1 saturated carbocycles. The van der Waals surface area contributed by atoms with Crippen molar-refractivity contribution in [3.05, 3.63) is 72.1 Å². The molecule has 4 heteroatoms. The van der Waals surface area contributed by atoms with Crippen LogP contribution in [0.2, 0.25) is 0 Å². The number of aromatic nitrogens is 1. The minimum absolute atomic E-state index is 0.00268. The summed E-state index contributed by atoms with van der Waals surface area (Å²) in [4.78, 5) is 19.7. The molecule has 0 spiro atoms. The molecule has 0 bridgehead atoms. The highest BCUT2D eigenvalue weighted by Gasteiger charge is 2.57. The fourth-order valence-electron chi connectivity index (χ4n) is 4.85. The molecule has 3 aromatic rings. The molecule has 130 valence electrons. The fraction of sp³-hybridized carbons (Fsp3) is 0.273. The van der Waals surface area contributed by atoms with E-state index in [-0.39, 0.29) is 17.2 Å². The second-order valence-corrected chi connectivity index (χ2v) is 7.36. The molecule has 1 N–H and O–H groups in total. The third kappa shape index (κ3) is 2.02. The maximum absolute atomic E-state index is 13.4. The van der Waals surface area contributed by atoms with Gasteiger partial charge in [-0.1, -0.05) is 30.3 Å². The Bertz CT molecular complexity index is 1000. The summed E-state index contributed by atoms with van der Waals surface area (Å²) in [5.41, 5.74) is 1.45. The second-order valence-electron chi connectivity index (χ2n) is 7.36. The predicted octanol–water partition coefficient (Wildman–Crippen LogP) is 4.09. The first-order chi connectivity index (χ1) is 12.7. The standard InChI is InChI=1S/C22H20N2O2/c25-20-13-16(12-15-4-1-2-6-19(15)20)21(26)24-11-8-17-7-9-22(17,24)18-5-3-10-23-14-18/h1-6,10,12-14,17,25H,7-9,11H2/t17-,22-/m0/s1. The number of rotatable bonds is 2. The number of hydrogen-bond donors (Lipinski definition) is 1. The largest absolute Gasteiger partial charge is 0.507 e. The van der Waals surface area contributed by atoms with Crippen LogP contribution in [0, 0.1) is 5.92 Å². The van der Waals surface area contributed by atoms with Crippen molar-refractivity contribution < 1.29 is 9.90 Å². The number of nitrogens with zero attached hydrogens (tertiary/aromatic N) is 2. The molecule has 4 nitrogen and oxygen atoms in total. The molecule has 2 aliphatic rings. The van der Waals surface area contributed by atoms with E-state index in [2.05, 4.69) is 11.1 Å². The lowest BCUT2D eigenvalue weighted by molar-refractivity contribution is 0.0142. The van der Waals surface area contributed by atoms with Gasteiger partial charge < -0.3 is 10.0 Å². The number of amides is 1. The number of likely N-dealkylation sites (tertiary alicyclic amines) is 1. The quantitative estimate of drug-likeness (QED) is 0.762. The third-order valence-corrected chi connectivity index (χ3v) is 6.23. The molecule has 1 aromatic heterocycles. The van der Waals surface area contributed by atoms with Crippen LogP contribution < -0.4 is 0 Å². The second kappa shape index (κ2) is 5.56. The summed E-state index contributed by atoms with van der Waals surface area (Å²) in [6.07, 6.45) is 6.84. The summed E-state index contributed by atoms with van der Waals surface area (Å²) in [5, 5.41) is 12.0. The van der Waals surface area contributed by atoms with E-state index in [0.717, 1.165) is 42.1 Å². The Morgan fingerprint density at radius 2 is 2.04 bits per heavy atom. The number of phenolic OH excluding ortho intramolecular Hbond substituents is 1. The van der Waals surface area contributed by atoms with Gasteiger partial charge in [0.25, 0.3) is 5.91 Å². The maximum atomic E-state index is 13.4. The maximum Gasteiger partial charge on any atom is 0.254 e. The Labute approximate surface area is 152 Å². The van der Waals surface area contributed by atoms with Crippen LogP contribution in [0.5, 0.6) is 5.75 Å². The van der Waals surface area contributed by atoms with Crippen molar-refractivity contribution in [2.24, 2.45) is 5.92 Å². The van der Waals surface area contributed by atoms with Crippen LogP contribution in [0.15, 0.2) is 60.9 Å². The van der Waals surface area contributed by atoms with Crippen molar-refractivity contribution in [2.45, 2.75) is 24.8 Å². The summed E-state index contributed by atoms with van der Waals surface area (Å²) < 4.78 is 0. The van der Waals surface area contributed by atoms with E-state index in [4.69, 9.17) is 0 Å². The number of carbonyl (C=O) groups excluding carboxylic acids is 1. The van der Waals surface area contributed by atoms with E-state index >= 15 is 0 Å². The Morgan fingerprint density at radius 3 is 2.81 bits per heavy atom. The van der Waals surface area contributed by atoms with Crippen LogP contribution in [-0.2, 0) is 5.54 Å². The number of carbonyl (C=O) groups is 1. The zero-order valence-corrected chi connectivity index (χ0v) is 14.4. The van der Waals surface area contributed by atoms with Crippen molar-refractivity contribution in [2.75, 3.05) is 6.54 Å². The van der Waals surface area contributed by atoms with Crippen molar-refractivity contribution in [1.82, 2.24) is 9.88 Å². The van der Waals surface area contributed by atoms with Gasteiger partial charge in [0.05, 0.1) is 5.54 Å². The molecule has 0 unspecified atom stereocenters. The van der Waals surface area contributed by atoms with Gasteiger partial charge >= 0.3 is 0 Å². The first kappa shape index (κ1) is 15.4. The molecule has 1 amide bonds. The normalized spacial score (nSPS) is 24.3. The van der Waals surface area contributed by atoms with Gasteiger partial charge in [-0.25, -0.2) is 0 Å². The van der Waals surface area contributed by atoms with Gasteiger partial charge in [0.15, 0.2) is 0 Å². The third-order valence-electron chi connectivity index (χ3n) is 6.23. The first-order valence-corrected chi connectivity index (χ1v) is 9.14. The Kier molecular flexibility index (Phi) is 3.29. The summed E-state index contributed by atoms with van der Waals surface area (Å²) in [6.45, 7) is 0.756. The van der Waals surface area contributed by atoms with E-state index in [9.17, 15) is 9.90 Å². The van der Waals surface area contributed by atoms with E-state index in [1.54, 1.807) is 12.3 Å². The molecule has 1 saturated heterocycles. The van der Waals surface area contributed by atoms with Gasteiger partial charge in [0.1, 0.15) is 5.75 Å². The summed E-state index contributed by atoms with van der Waals surface area (Å²) in [5.74, 6) is 0.660. The molecule has 2 fully saturated rings. The van der Waals surface area contributed by atoms with Crippen LogP contribution in [0.25, 0.3) is 10.8 Å². The highest BCUT2D eigenvalue weighted by Crippen LogP contribution is 2.57. The lowest BCUT2D eigenvalue weighted by Crippen LogP contribution is -2.53.